The van der Waals surface area contributed by atoms with E-state index in [4.69, 9.17) is 10.4 Å². The number of rotatable bonds is 1. The molecule has 1 rings (SSSR count). The minimum absolute atomic E-state index is 0.957. The average molecular weight is 223 g/mol. The highest BCUT2D eigenvalue weighted by molar-refractivity contribution is 5.28. The van der Waals surface area contributed by atoms with Gasteiger partial charge in [-0.05, 0) is 0 Å². The molecule has 1 atom stereocenters. The maximum atomic E-state index is 12.8. The normalized spacial score (nSPS) is 12.3. The lowest BCUT2D eigenvalue weighted by molar-refractivity contribution is 0.217. The molecule has 15 heavy (non-hydrogen) atoms. The first-order valence-corrected chi connectivity index (χ1v) is 3.50. The highest BCUT2D eigenvalue weighted by Gasteiger charge is 2.29. The topological polar surface area (TPSA) is 44.0 Å². The molecule has 0 heterocycles. The minimum Gasteiger partial charge on any atom is -0.374 e. The Hall–Kier alpha value is -1.68. The molecule has 80 valence electrons. The third-order valence-corrected chi connectivity index (χ3v) is 1.64. The third kappa shape index (κ3) is 1.64. The van der Waals surface area contributed by atoms with Gasteiger partial charge in [-0.15, -0.1) is 0 Å². The number of halogens is 5. The van der Waals surface area contributed by atoms with E-state index in [1.807, 2.05) is 0 Å². The largest absolute Gasteiger partial charge is 0.374 e. The molecule has 0 radical (unpaired) electrons. The smallest absolute Gasteiger partial charge is 0.200 e. The van der Waals surface area contributed by atoms with Crippen LogP contribution in [0.1, 0.15) is 11.7 Å². The predicted octanol–water partition coefficient (Wildman–Crippen LogP) is 1.94. The second kappa shape index (κ2) is 3.82. The van der Waals surface area contributed by atoms with Gasteiger partial charge >= 0.3 is 0 Å². The molecule has 0 saturated carbocycles. The predicted molar refractivity (Wildman–Crippen MR) is 36.8 cm³/mol. The first kappa shape index (κ1) is 11.4. The summed E-state index contributed by atoms with van der Waals surface area (Å²) >= 11 is 0. The maximum absolute atomic E-state index is 12.8. The molecule has 0 aliphatic heterocycles. The molecule has 1 aromatic carbocycles. The molecule has 0 fully saturated rings. The second-order valence-corrected chi connectivity index (χ2v) is 2.52. The fourth-order valence-corrected chi connectivity index (χ4v) is 0.926. The molecule has 0 aliphatic rings. The van der Waals surface area contributed by atoms with Crippen LogP contribution >= 0.6 is 0 Å². The van der Waals surface area contributed by atoms with Gasteiger partial charge in [0.2, 0.25) is 5.82 Å². The van der Waals surface area contributed by atoms with Crippen LogP contribution in [0.25, 0.3) is 0 Å². The average Bonchev–Trinajstić information content (AvgIpc) is 2.23. The van der Waals surface area contributed by atoms with E-state index in [2.05, 4.69) is 0 Å². The van der Waals surface area contributed by atoms with Crippen LogP contribution in [0.5, 0.6) is 0 Å². The molecule has 7 heteroatoms. The fraction of sp³-hybridized carbons (Fsp3) is 0.125. The van der Waals surface area contributed by atoms with Gasteiger partial charge in [0.15, 0.2) is 29.4 Å². The molecule has 0 spiro atoms. The van der Waals surface area contributed by atoms with Crippen molar-refractivity contribution >= 4 is 0 Å². The van der Waals surface area contributed by atoms with E-state index in [-0.39, 0.29) is 0 Å². The minimum atomic E-state index is -2.41. The van der Waals surface area contributed by atoms with Gasteiger partial charge in [0, 0.05) is 0 Å². The molecule has 1 N–H and O–H groups in total. The van der Waals surface area contributed by atoms with Crippen molar-refractivity contribution in [1.82, 2.24) is 0 Å². The number of hydrogen-bond donors (Lipinski definition) is 1. The van der Waals surface area contributed by atoms with Crippen molar-refractivity contribution in [2.45, 2.75) is 6.10 Å². The van der Waals surface area contributed by atoms with Crippen molar-refractivity contribution in [3.8, 4) is 6.07 Å². The highest BCUT2D eigenvalue weighted by Crippen LogP contribution is 2.27. The van der Waals surface area contributed by atoms with Crippen LogP contribution in [0.3, 0.4) is 0 Å². The second-order valence-electron chi connectivity index (χ2n) is 2.52. The summed E-state index contributed by atoms with van der Waals surface area (Å²) in [5, 5.41) is 16.9. The van der Waals surface area contributed by atoms with Crippen LogP contribution in [-0.2, 0) is 0 Å². The van der Waals surface area contributed by atoms with Gasteiger partial charge in [0.1, 0.15) is 0 Å². The van der Waals surface area contributed by atoms with E-state index < -0.39 is 40.8 Å². The molecule has 2 nitrogen and oxygen atoms in total. The summed E-state index contributed by atoms with van der Waals surface area (Å²) in [6.07, 6.45) is -2.41. The molecular formula is C8H2F5NO. The lowest BCUT2D eigenvalue weighted by Gasteiger charge is -2.08. The zero-order chi connectivity index (χ0) is 11.7. The van der Waals surface area contributed by atoms with Crippen molar-refractivity contribution < 1.29 is 27.1 Å². The van der Waals surface area contributed by atoms with Crippen LogP contribution < -0.4 is 0 Å². The van der Waals surface area contributed by atoms with Gasteiger partial charge in [-0.1, -0.05) is 0 Å². The zero-order valence-electron chi connectivity index (χ0n) is 6.86. The number of aliphatic hydroxyl groups excluding tert-OH is 1. The van der Waals surface area contributed by atoms with Gasteiger partial charge in [-0.3, -0.25) is 0 Å². The number of nitriles is 1. The van der Waals surface area contributed by atoms with Crippen molar-refractivity contribution in [1.29, 1.82) is 5.26 Å². The Kier molecular flexibility index (Phi) is 2.90. The highest BCUT2D eigenvalue weighted by atomic mass is 19.2. The van der Waals surface area contributed by atoms with Gasteiger partial charge < -0.3 is 5.11 Å². The van der Waals surface area contributed by atoms with Crippen LogP contribution in [0, 0.1) is 40.4 Å². The first-order valence-electron chi connectivity index (χ1n) is 3.50. The SMILES string of the molecule is N#C[C@H](O)c1c(F)c(F)c(F)c(F)c1F. The van der Waals surface area contributed by atoms with Gasteiger partial charge in [-0.25, -0.2) is 22.0 Å². The lowest BCUT2D eigenvalue weighted by Crippen LogP contribution is -2.10. The van der Waals surface area contributed by atoms with Crippen molar-refractivity contribution in [2.24, 2.45) is 0 Å². The van der Waals surface area contributed by atoms with E-state index in [9.17, 15) is 22.0 Å². The number of benzene rings is 1. The molecule has 1 aromatic rings. The summed E-state index contributed by atoms with van der Waals surface area (Å²) in [5.41, 5.74) is -1.55. The molecule has 0 amide bonds. The number of aliphatic hydroxyl groups is 1. The van der Waals surface area contributed by atoms with Gasteiger partial charge in [-0.2, -0.15) is 5.26 Å². The summed E-state index contributed by atoms with van der Waals surface area (Å²) in [5.74, 6) is -11.1. The molecule has 0 unspecified atom stereocenters. The van der Waals surface area contributed by atoms with Gasteiger partial charge in [0.05, 0.1) is 11.6 Å². The molecule has 0 bridgehead atoms. The molecule has 0 aliphatic carbocycles. The Morgan fingerprint density at radius 3 is 1.53 bits per heavy atom. The van der Waals surface area contributed by atoms with Gasteiger partial charge in [0.25, 0.3) is 0 Å². The number of nitrogens with zero attached hydrogens (tertiary/aromatic N) is 1. The maximum Gasteiger partial charge on any atom is 0.200 e. The summed E-state index contributed by atoms with van der Waals surface area (Å²) in [6, 6.07) is 0.957. The lowest BCUT2D eigenvalue weighted by atomic mass is 10.1. The Bertz CT molecular complexity index is 424. The van der Waals surface area contributed by atoms with E-state index in [1.54, 1.807) is 0 Å². The van der Waals surface area contributed by atoms with Crippen LogP contribution in [0.2, 0.25) is 0 Å². The van der Waals surface area contributed by atoms with Crippen LogP contribution in [0.15, 0.2) is 0 Å². The Labute approximate surface area is 80.2 Å². The number of hydrogen-bond acceptors (Lipinski definition) is 2. The molecule has 0 saturated heterocycles. The quantitative estimate of drug-likeness (QED) is 0.342. The van der Waals surface area contributed by atoms with Crippen molar-refractivity contribution in [3.05, 3.63) is 34.6 Å². The summed E-state index contributed by atoms with van der Waals surface area (Å²) < 4.78 is 63.1. The van der Waals surface area contributed by atoms with Crippen LogP contribution in [-0.4, -0.2) is 5.11 Å². The van der Waals surface area contributed by atoms with E-state index in [0.717, 1.165) is 6.07 Å². The zero-order valence-corrected chi connectivity index (χ0v) is 6.86. The molecule has 0 aromatic heterocycles. The summed E-state index contributed by atoms with van der Waals surface area (Å²) in [7, 11) is 0. The Morgan fingerprint density at radius 2 is 1.20 bits per heavy atom. The molecular weight excluding hydrogens is 221 g/mol. The van der Waals surface area contributed by atoms with Crippen molar-refractivity contribution in [3.63, 3.8) is 0 Å². The van der Waals surface area contributed by atoms with Crippen LogP contribution in [0.4, 0.5) is 22.0 Å². The Morgan fingerprint density at radius 1 is 0.867 bits per heavy atom. The van der Waals surface area contributed by atoms with E-state index in [0.29, 0.717) is 0 Å². The summed E-state index contributed by atoms with van der Waals surface area (Å²) in [4.78, 5) is 0. The monoisotopic (exact) mass is 223 g/mol. The third-order valence-electron chi connectivity index (χ3n) is 1.64. The van der Waals surface area contributed by atoms with E-state index in [1.165, 1.54) is 0 Å². The fourth-order valence-electron chi connectivity index (χ4n) is 0.926. The standard InChI is InChI=1S/C8H2F5NO/c9-4-3(2(15)1-14)5(10)7(12)8(13)6(4)11/h2,15H/t2-/m0/s1. The Balaban J connectivity index is 3.61. The van der Waals surface area contributed by atoms with Crippen molar-refractivity contribution in [2.75, 3.05) is 0 Å². The summed E-state index contributed by atoms with van der Waals surface area (Å²) in [6.45, 7) is 0. The first-order chi connectivity index (χ1) is 6.91. The van der Waals surface area contributed by atoms with E-state index >= 15 is 0 Å².